The lowest BCUT2D eigenvalue weighted by Gasteiger charge is -2.40. The minimum atomic E-state index is -4.99. The van der Waals surface area contributed by atoms with Gasteiger partial charge in [-0.25, -0.2) is 0 Å². The molecule has 2 aliphatic heterocycles. The first kappa shape index (κ1) is 28.6. The molecule has 0 spiro atoms. The van der Waals surface area contributed by atoms with Crippen molar-refractivity contribution in [2.75, 3.05) is 13.1 Å². The molecule has 0 unspecified atom stereocenters. The first-order chi connectivity index (χ1) is 18.2. The number of benzene rings is 2. The van der Waals surface area contributed by atoms with Gasteiger partial charge in [0.15, 0.2) is 0 Å². The van der Waals surface area contributed by atoms with E-state index in [0.717, 1.165) is 11.1 Å². The van der Waals surface area contributed by atoms with Gasteiger partial charge in [-0.05, 0) is 48.2 Å². The number of piperidine rings is 2. The molecule has 2 aromatic rings. The number of alkyl halides is 6. The molecule has 2 atom stereocenters. The van der Waals surface area contributed by atoms with Crippen molar-refractivity contribution < 1.29 is 45.5 Å². The van der Waals surface area contributed by atoms with Crippen molar-refractivity contribution in [3.05, 3.63) is 70.3 Å². The SMILES string of the molecule is Cc1ccccc1[C@@H]1CCN(C(=O)C2CC(=O)NC(=O)C2)C[C@@H]1OCc1cc(C(F)(F)F)cc(C(F)(F)F)c1. The lowest BCUT2D eigenvalue weighted by Crippen LogP contribution is -2.51. The predicted molar refractivity (Wildman–Crippen MR) is 126 cm³/mol. The molecule has 0 aliphatic carbocycles. The van der Waals surface area contributed by atoms with Crippen molar-refractivity contribution in [2.45, 2.75) is 57.2 Å². The third-order valence-corrected chi connectivity index (χ3v) is 7.06. The van der Waals surface area contributed by atoms with Crippen LogP contribution in [0, 0.1) is 12.8 Å². The molecule has 0 aromatic heterocycles. The second kappa shape index (κ2) is 11.0. The topological polar surface area (TPSA) is 75.7 Å². The van der Waals surface area contributed by atoms with Gasteiger partial charge in [0.1, 0.15) is 0 Å². The molecule has 2 aromatic carbocycles. The summed E-state index contributed by atoms with van der Waals surface area (Å²) in [6.45, 7) is 1.60. The number of rotatable bonds is 5. The van der Waals surface area contributed by atoms with Gasteiger partial charge in [-0.3, -0.25) is 19.7 Å². The van der Waals surface area contributed by atoms with E-state index in [1.54, 1.807) is 0 Å². The van der Waals surface area contributed by atoms with Crippen LogP contribution in [0.1, 0.15) is 53.0 Å². The van der Waals surface area contributed by atoms with Gasteiger partial charge in [0.25, 0.3) is 0 Å². The van der Waals surface area contributed by atoms with E-state index in [0.29, 0.717) is 18.6 Å². The van der Waals surface area contributed by atoms with Crippen molar-refractivity contribution in [1.82, 2.24) is 10.2 Å². The van der Waals surface area contributed by atoms with E-state index in [2.05, 4.69) is 5.32 Å². The predicted octanol–water partition coefficient (Wildman–Crippen LogP) is 4.99. The maximum absolute atomic E-state index is 13.3. The Morgan fingerprint density at radius 1 is 0.974 bits per heavy atom. The molecule has 0 bridgehead atoms. The molecule has 0 saturated carbocycles. The molecule has 12 heteroatoms. The minimum Gasteiger partial charge on any atom is -0.371 e. The van der Waals surface area contributed by atoms with E-state index >= 15 is 0 Å². The highest BCUT2D eigenvalue weighted by Gasteiger charge is 2.40. The van der Waals surface area contributed by atoms with Crippen LogP contribution in [0.15, 0.2) is 42.5 Å². The number of likely N-dealkylation sites (tertiary alicyclic amines) is 1. The monoisotopic (exact) mass is 556 g/mol. The molecule has 210 valence electrons. The summed E-state index contributed by atoms with van der Waals surface area (Å²) in [5.74, 6) is -2.68. The fourth-order valence-electron chi connectivity index (χ4n) is 5.16. The second-order valence-corrected chi connectivity index (χ2v) is 9.88. The van der Waals surface area contributed by atoms with Gasteiger partial charge in [-0.15, -0.1) is 0 Å². The van der Waals surface area contributed by atoms with Crippen LogP contribution in [-0.4, -0.2) is 41.8 Å². The van der Waals surface area contributed by atoms with E-state index < -0.39 is 59.8 Å². The quantitative estimate of drug-likeness (QED) is 0.416. The smallest absolute Gasteiger partial charge is 0.371 e. The average molecular weight is 557 g/mol. The number of ether oxygens (including phenoxy) is 1. The molecule has 0 radical (unpaired) electrons. The van der Waals surface area contributed by atoms with E-state index in [9.17, 15) is 40.7 Å². The summed E-state index contributed by atoms with van der Waals surface area (Å²) in [5, 5.41) is 2.15. The van der Waals surface area contributed by atoms with E-state index in [-0.39, 0.29) is 43.5 Å². The Morgan fingerprint density at radius 3 is 2.13 bits per heavy atom. The van der Waals surface area contributed by atoms with E-state index in [1.807, 2.05) is 31.2 Å². The molecule has 6 nitrogen and oxygen atoms in total. The minimum absolute atomic E-state index is 0.00473. The Kier molecular flexibility index (Phi) is 8.06. The zero-order valence-electron chi connectivity index (χ0n) is 20.9. The van der Waals surface area contributed by atoms with Crippen LogP contribution < -0.4 is 5.32 Å². The summed E-state index contributed by atoms with van der Waals surface area (Å²) in [6, 6.07) is 8.68. The van der Waals surface area contributed by atoms with Crippen LogP contribution in [-0.2, 0) is 38.1 Å². The molecule has 3 amide bonds. The maximum Gasteiger partial charge on any atom is 0.416 e. The standard InChI is InChI=1S/C27H26F6N2O4/c1-15-4-2-3-5-20(15)21-6-7-35(25(38)17-10-23(36)34-24(37)11-17)13-22(21)39-14-16-8-18(26(28,29)30)12-19(9-16)27(31,32)33/h2-5,8-9,12,17,21-22H,6-7,10-11,13-14H2,1H3,(H,34,36,37)/t21-,22-/m0/s1. The van der Waals surface area contributed by atoms with Crippen LogP contribution in [0.2, 0.25) is 0 Å². The third-order valence-electron chi connectivity index (χ3n) is 7.06. The largest absolute Gasteiger partial charge is 0.416 e. The van der Waals surface area contributed by atoms with Gasteiger partial charge in [-0.1, -0.05) is 24.3 Å². The number of carbonyl (C=O) groups is 3. The molecule has 4 rings (SSSR count). The first-order valence-electron chi connectivity index (χ1n) is 12.3. The van der Waals surface area contributed by atoms with Crippen LogP contribution in [0.5, 0.6) is 0 Å². The fourth-order valence-corrected chi connectivity index (χ4v) is 5.16. The number of hydrogen-bond donors (Lipinski definition) is 1. The Hall–Kier alpha value is -3.41. The van der Waals surface area contributed by atoms with Gasteiger partial charge in [0, 0.05) is 31.8 Å². The maximum atomic E-state index is 13.3. The molecular weight excluding hydrogens is 530 g/mol. The summed E-state index contributed by atoms with van der Waals surface area (Å²) in [7, 11) is 0. The van der Waals surface area contributed by atoms with E-state index in [1.165, 1.54) is 4.90 Å². The fraction of sp³-hybridized carbons (Fsp3) is 0.444. The zero-order chi connectivity index (χ0) is 28.5. The highest BCUT2D eigenvalue weighted by atomic mass is 19.4. The number of nitrogens with one attached hydrogen (secondary N) is 1. The first-order valence-corrected chi connectivity index (χ1v) is 12.3. The Bertz CT molecular complexity index is 1210. The van der Waals surface area contributed by atoms with Crippen molar-refractivity contribution in [3.8, 4) is 0 Å². The van der Waals surface area contributed by atoms with E-state index in [4.69, 9.17) is 4.74 Å². The molecular formula is C27H26F6N2O4. The highest BCUT2D eigenvalue weighted by Crippen LogP contribution is 2.38. The van der Waals surface area contributed by atoms with Crippen LogP contribution in [0.3, 0.4) is 0 Å². The summed E-state index contributed by atoms with van der Waals surface area (Å²) in [5.41, 5.74) is -1.37. The number of imide groups is 1. The summed E-state index contributed by atoms with van der Waals surface area (Å²) >= 11 is 0. The number of hydrogen-bond acceptors (Lipinski definition) is 4. The van der Waals surface area contributed by atoms with Gasteiger partial charge in [0.2, 0.25) is 17.7 Å². The van der Waals surface area contributed by atoms with Crippen LogP contribution >= 0.6 is 0 Å². The normalized spacial score (nSPS) is 21.2. The summed E-state index contributed by atoms with van der Waals surface area (Å²) in [6.07, 6.45) is -10.6. The van der Waals surface area contributed by atoms with Gasteiger partial charge in [-0.2, -0.15) is 26.3 Å². The summed E-state index contributed by atoms with van der Waals surface area (Å²) < 4.78 is 85.9. The van der Waals surface area contributed by atoms with Crippen molar-refractivity contribution in [1.29, 1.82) is 0 Å². The van der Waals surface area contributed by atoms with Gasteiger partial charge < -0.3 is 9.64 Å². The van der Waals surface area contributed by atoms with Crippen LogP contribution in [0.25, 0.3) is 0 Å². The highest BCUT2D eigenvalue weighted by molar-refractivity contribution is 6.02. The number of carbonyl (C=O) groups excluding carboxylic acids is 3. The Labute approximate surface area is 220 Å². The molecule has 2 saturated heterocycles. The number of halogens is 6. The number of amides is 3. The average Bonchev–Trinajstić information content (AvgIpc) is 2.85. The lowest BCUT2D eigenvalue weighted by atomic mass is 9.84. The van der Waals surface area contributed by atoms with Gasteiger partial charge >= 0.3 is 12.4 Å². The van der Waals surface area contributed by atoms with Crippen molar-refractivity contribution in [3.63, 3.8) is 0 Å². The third kappa shape index (κ3) is 6.78. The summed E-state index contributed by atoms with van der Waals surface area (Å²) in [4.78, 5) is 38.2. The molecule has 1 N–H and O–H groups in total. The molecule has 2 fully saturated rings. The second-order valence-electron chi connectivity index (χ2n) is 9.88. The van der Waals surface area contributed by atoms with Crippen molar-refractivity contribution in [2.24, 2.45) is 5.92 Å². The van der Waals surface area contributed by atoms with Crippen LogP contribution in [0.4, 0.5) is 26.3 Å². The lowest BCUT2D eigenvalue weighted by molar-refractivity contribution is -0.148. The van der Waals surface area contributed by atoms with Gasteiger partial charge in [0.05, 0.1) is 29.8 Å². The Morgan fingerprint density at radius 2 is 1.56 bits per heavy atom. The molecule has 39 heavy (non-hydrogen) atoms. The van der Waals surface area contributed by atoms with Crippen molar-refractivity contribution >= 4 is 17.7 Å². The number of nitrogens with zero attached hydrogens (tertiary/aromatic N) is 1. The number of aryl methyl sites for hydroxylation is 1. The Balaban J connectivity index is 1.60. The molecule has 2 heterocycles. The zero-order valence-corrected chi connectivity index (χ0v) is 20.9. The molecule has 2 aliphatic rings.